The number of amides is 1. The summed E-state index contributed by atoms with van der Waals surface area (Å²) in [6.07, 6.45) is -2.93. The highest BCUT2D eigenvalue weighted by Crippen LogP contribution is 2.61. The molecule has 12 N–H and O–H groups in total. The minimum atomic E-state index is -6.01. The molecule has 0 aliphatic rings. The van der Waals surface area contributed by atoms with Crippen molar-refractivity contribution in [2.45, 2.75) is 11.6 Å². The Labute approximate surface area is 205 Å². The minimum absolute atomic E-state index is 0.236. The molecule has 1 atom stereocenters. The van der Waals surface area contributed by atoms with Gasteiger partial charge in [0.15, 0.2) is 0 Å². The Morgan fingerprint density at radius 3 is 0.974 bits per heavy atom. The Bertz CT molecular complexity index is 1020. The van der Waals surface area contributed by atoms with Gasteiger partial charge in [0.1, 0.15) is 6.04 Å². The Morgan fingerprint density at radius 1 is 0.526 bits per heavy atom. The summed E-state index contributed by atoms with van der Waals surface area (Å²) in [6.45, 7) is 0. The van der Waals surface area contributed by atoms with Crippen LogP contribution in [0.3, 0.4) is 0 Å². The molecule has 22 nitrogen and oxygen atoms in total. The van der Waals surface area contributed by atoms with E-state index in [0.717, 1.165) is 0 Å². The number of carbonyl (C=O) groups is 10. The molecule has 0 fully saturated rings. The van der Waals surface area contributed by atoms with Crippen molar-refractivity contribution in [2.75, 3.05) is 7.05 Å². The van der Waals surface area contributed by atoms with E-state index in [-0.39, 0.29) is 7.05 Å². The highest BCUT2D eigenvalue weighted by atomic mass is 16.4. The molecule has 0 bridgehead atoms. The fourth-order valence-electron chi connectivity index (χ4n) is 4.23. The van der Waals surface area contributed by atoms with E-state index in [4.69, 9.17) is 5.73 Å². The van der Waals surface area contributed by atoms with Crippen molar-refractivity contribution >= 4 is 59.8 Å². The summed E-state index contributed by atoms with van der Waals surface area (Å²) in [4.78, 5) is 121. The monoisotopic (exact) mass is 556 g/mol. The third-order valence-electron chi connectivity index (χ3n) is 5.80. The molecule has 0 rings (SSSR count). The molecule has 0 aromatic heterocycles. The van der Waals surface area contributed by atoms with Crippen molar-refractivity contribution in [3.8, 4) is 0 Å². The third-order valence-corrected chi connectivity index (χ3v) is 5.80. The molecule has 0 aromatic rings. The van der Waals surface area contributed by atoms with Crippen LogP contribution in [-0.4, -0.2) is 134 Å². The molecule has 22 heteroatoms. The van der Waals surface area contributed by atoms with Gasteiger partial charge in [-0.3, -0.25) is 38.5 Å². The molecule has 1 amide bonds. The van der Waals surface area contributed by atoms with Gasteiger partial charge in [-0.25, -0.2) is 14.4 Å². The normalized spacial score (nSPS) is 12.9. The van der Waals surface area contributed by atoms with Gasteiger partial charge in [-0.15, -0.1) is 0 Å². The van der Waals surface area contributed by atoms with Crippen molar-refractivity contribution in [3.63, 3.8) is 0 Å². The van der Waals surface area contributed by atoms with Crippen LogP contribution in [0.4, 0.5) is 4.79 Å². The Balaban J connectivity index is 9.72. The van der Waals surface area contributed by atoms with Gasteiger partial charge in [0.25, 0.3) is 5.54 Å². The van der Waals surface area contributed by atoms with E-state index < -0.39 is 92.5 Å². The fourth-order valence-corrected chi connectivity index (χ4v) is 4.23. The molecule has 0 spiro atoms. The van der Waals surface area contributed by atoms with Gasteiger partial charge >= 0.3 is 59.8 Å². The Kier molecular flexibility index (Phi) is 8.41. The molecule has 0 aromatic carbocycles. The number of carboxylic acid groups (broad SMARTS) is 10. The lowest BCUT2D eigenvalue weighted by molar-refractivity contribution is -0.236. The van der Waals surface area contributed by atoms with Crippen molar-refractivity contribution in [1.82, 2.24) is 4.90 Å². The van der Waals surface area contributed by atoms with Crippen LogP contribution in [0, 0.1) is 16.2 Å². The molecular weight excluding hydrogens is 540 g/mol. The maximum atomic E-state index is 12.6. The van der Waals surface area contributed by atoms with Gasteiger partial charge in [0, 0.05) is 7.05 Å². The van der Waals surface area contributed by atoms with E-state index in [2.05, 4.69) is 0 Å². The predicted molar refractivity (Wildman–Crippen MR) is 103 cm³/mol. The van der Waals surface area contributed by atoms with Crippen molar-refractivity contribution in [1.29, 1.82) is 0 Å². The number of hydrogen-bond acceptors (Lipinski definition) is 11. The maximum absolute atomic E-state index is 12.6. The number of hydrogen-bond donors (Lipinski definition) is 11. The van der Waals surface area contributed by atoms with Crippen LogP contribution in [0.25, 0.3) is 0 Å². The summed E-state index contributed by atoms with van der Waals surface area (Å²) in [6, 6.07) is -4.00. The Hall–Kier alpha value is -5.54. The molecule has 0 aliphatic heterocycles. The number of rotatable bonds is 14. The van der Waals surface area contributed by atoms with E-state index in [9.17, 15) is 99.0 Å². The van der Waals surface area contributed by atoms with Crippen LogP contribution in [0.5, 0.6) is 0 Å². The van der Waals surface area contributed by atoms with Gasteiger partial charge < -0.3 is 56.8 Å². The van der Waals surface area contributed by atoms with Gasteiger partial charge in [0.2, 0.25) is 16.2 Å². The molecule has 1 unspecified atom stereocenters. The van der Waals surface area contributed by atoms with E-state index >= 15 is 0 Å². The average Bonchev–Trinajstić information content (AvgIpc) is 2.72. The first-order valence-corrected chi connectivity index (χ1v) is 8.83. The predicted octanol–water partition coefficient (Wildman–Crippen LogP) is -4.62. The zero-order valence-electron chi connectivity index (χ0n) is 18.2. The van der Waals surface area contributed by atoms with Crippen molar-refractivity contribution in [2.24, 2.45) is 22.0 Å². The number of nitrogens with zero attached hydrogens (tertiary/aromatic N) is 1. The van der Waals surface area contributed by atoms with Crippen LogP contribution in [0.15, 0.2) is 0 Å². The maximum Gasteiger partial charge on any atom is 0.408 e. The van der Waals surface area contributed by atoms with E-state index in [0.29, 0.717) is 0 Å². The molecule has 0 aliphatic carbocycles. The molecule has 0 saturated carbocycles. The quantitative estimate of drug-likeness (QED) is 0.0895. The largest absolute Gasteiger partial charge is 0.480 e. The summed E-state index contributed by atoms with van der Waals surface area (Å²) in [5.74, 6) is -32.1. The summed E-state index contributed by atoms with van der Waals surface area (Å²) in [5, 5.41) is 97.0. The summed E-state index contributed by atoms with van der Waals surface area (Å²) in [7, 11) is -0.236. The lowest BCUT2D eigenvalue weighted by Gasteiger charge is -2.53. The molecule has 0 saturated heterocycles. The standard InChI is InChI=1S/C16H16N2O20/c1-18(12(37)38)16(10(33)34,11(35)36)15(8(29)30,9(31)32)14(6(25)26,7(27)28)13(4(21)22,5(23)24)2(17)3(19)20/h2H,17H2,1H3,(H,19,20)(H,21,22)(H,23,24)(H,25,26)(H,27,28)(H,29,30)(H,31,32)(H,33,34)(H,35,36)(H,37,38). The molecular formula is C16H16N2O20. The highest BCUT2D eigenvalue weighted by Gasteiger charge is 2.95. The lowest BCUT2D eigenvalue weighted by atomic mass is 9.42. The third kappa shape index (κ3) is 3.30. The minimum Gasteiger partial charge on any atom is -0.480 e. The van der Waals surface area contributed by atoms with Crippen LogP contribution in [0.2, 0.25) is 0 Å². The first-order chi connectivity index (χ1) is 17.0. The fraction of sp³-hybridized carbons (Fsp3) is 0.375. The summed E-state index contributed by atoms with van der Waals surface area (Å²) >= 11 is 0. The van der Waals surface area contributed by atoms with E-state index in [1.807, 2.05) is 0 Å². The van der Waals surface area contributed by atoms with Gasteiger partial charge in [-0.2, -0.15) is 0 Å². The highest BCUT2D eigenvalue weighted by molar-refractivity contribution is 6.27. The van der Waals surface area contributed by atoms with Crippen molar-refractivity contribution < 1.29 is 99.0 Å². The lowest BCUT2D eigenvalue weighted by Crippen LogP contribution is -2.86. The first kappa shape index (κ1) is 32.5. The van der Waals surface area contributed by atoms with Crippen LogP contribution >= 0.6 is 0 Å². The number of likely N-dealkylation sites (N-methyl/N-ethyl adjacent to an activating group) is 1. The zero-order chi connectivity index (χ0) is 30.9. The number of aliphatic carboxylic acids is 9. The number of nitrogens with two attached hydrogens (primary N) is 1. The zero-order valence-corrected chi connectivity index (χ0v) is 18.2. The van der Waals surface area contributed by atoms with Crippen LogP contribution in [-0.2, 0) is 43.2 Å². The smallest absolute Gasteiger partial charge is 0.408 e. The topological polar surface area (TPSA) is 402 Å². The van der Waals surface area contributed by atoms with Crippen LogP contribution < -0.4 is 5.73 Å². The second-order valence-electron chi connectivity index (χ2n) is 7.12. The number of carboxylic acids is 9. The first-order valence-electron chi connectivity index (χ1n) is 8.83. The van der Waals surface area contributed by atoms with Gasteiger partial charge in [-0.1, -0.05) is 0 Å². The summed E-state index contributed by atoms with van der Waals surface area (Å²) in [5.41, 5.74) is -18.0. The Morgan fingerprint density at radius 2 is 0.816 bits per heavy atom. The molecule has 0 radical (unpaired) electrons. The summed E-state index contributed by atoms with van der Waals surface area (Å²) < 4.78 is 0. The van der Waals surface area contributed by atoms with E-state index in [1.165, 1.54) is 0 Å². The van der Waals surface area contributed by atoms with Crippen LogP contribution in [0.1, 0.15) is 0 Å². The van der Waals surface area contributed by atoms with Gasteiger partial charge in [-0.05, 0) is 0 Å². The molecule has 0 heterocycles. The molecule has 210 valence electrons. The van der Waals surface area contributed by atoms with E-state index in [1.54, 1.807) is 0 Å². The second kappa shape index (κ2) is 9.84. The second-order valence-corrected chi connectivity index (χ2v) is 7.12. The van der Waals surface area contributed by atoms with Crippen molar-refractivity contribution in [3.05, 3.63) is 0 Å². The average molecular weight is 556 g/mol. The molecule has 38 heavy (non-hydrogen) atoms. The SMILES string of the molecule is CN(C(=O)O)C(C(=O)O)(C(=O)O)C(C(=O)O)(C(=O)O)C(C(=O)O)(C(=O)O)C(C(=O)O)(C(=O)O)C(N)C(=O)O. The van der Waals surface area contributed by atoms with Gasteiger partial charge in [0.05, 0.1) is 0 Å².